The molecular formula is C14H10Cl2N4O2Se. The number of carbonyl (C=O) groups excluding carboxylic acids is 2. The average molecular weight is 416 g/mol. The molecule has 0 aliphatic rings. The third kappa shape index (κ3) is 4.59. The predicted octanol–water partition coefficient (Wildman–Crippen LogP) is 2.46. The molecule has 0 unspecified atom stereocenters. The van der Waals surface area contributed by atoms with E-state index in [-0.39, 0.29) is 41.1 Å². The van der Waals surface area contributed by atoms with Gasteiger partial charge in [0.1, 0.15) is 0 Å². The van der Waals surface area contributed by atoms with Gasteiger partial charge in [0.2, 0.25) is 0 Å². The minimum absolute atomic E-state index is 0.0610. The quantitative estimate of drug-likeness (QED) is 0.361. The summed E-state index contributed by atoms with van der Waals surface area (Å²) in [6.07, 6.45) is 2.95. The number of nitrogens with one attached hydrogen (secondary N) is 1. The van der Waals surface area contributed by atoms with Crippen LogP contribution in [0.15, 0.2) is 41.7 Å². The van der Waals surface area contributed by atoms with E-state index in [9.17, 15) is 9.59 Å². The molecule has 0 bridgehead atoms. The van der Waals surface area contributed by atoms with Crippen molar-refractivity contribution in [2.45, 2.75) is 5.82 Å². The van der Waals surface area contributed by atoms with Gasteiger partial charge in [0.05, 0.1) is 0 Å². The summed E-state index contributed by atoms with van der Waals surface area (Å²) in [5, 5.41) is 2.71. The van der Waals surface area contributed by atoms with Crippen LogP contribution in [0.25, 0.3) is 0 Å². The van der Waals surface area contributed by atoms with Crippen LogP contribution in [-0.4, -0.2) is 41.5 Å². The predicted molar refractivity (Wildman–Crippen MR) is 89.3 cm³/mol. The monoisotopic (exact) mass is 416 g/mol. The third-order valence-corrected chi connectivity index (χ3v) is 4.43. The van der Waals surface area contributed by atoms with Gasteiger partial charge in [-0.1, -0.05) is 0 Å². The van der Waals surface area contributed by atoms with Crippen molar-refractivity contribution in [3.63, 3.8) is 0 Å². The van der Waals surface area contributed by atoms with E-state index in [0.717, 1.165) is 0 Å². The second-order valence-corrected chi connectivity index (χ2v) is 6.45. The fourth-order valence-corrected chi connectivity index (χ4v) is 2.72. The van der Waals surface area contributed by atoms with Gasteiger partial charge in [0, 0.05) is 0 Å². The van der Waals surface area contributed by atoms with Crippen LogP contribution in [-0.2, 0) is 0 Å². The Balaban J connectivity index is 2.20. The Bertz CT molecular complexity index is 783. The van der Waals surface area contributed by atoms with Crippen molar-refractivity contribution in [2.24, 2.45) is 4.99 Å². The van der Waals surface area contributed by atoms with Crippen molar-refractivity contribution < 1.29 is 9.59 Å². The summed E-state index contributed by atoms with van der Waals surface area (Å²) in [7, 11) is 0. The molecule has 118 valence electrons. The van der Waals surface area contributed by atoms with E-state index in [1.807, 2.05) is 5.82 Å². The molecule has 2 amide bonds. The van der Waals surface area contributed by atoms with E-state index in [2.05, 4.69) is 20.3 Å². The summed E-state index contributed by atoms with van der Waals surface area (Å²) in [6, 6.07) is 6.22. The van der Waals surface area contributed by atoms with Crippen molar-refractivity contribution >= 4 is 54.7 Å². The molecule has 2 heterocycles. The van der Waals surface area contributed by atoms with Gasteiger partial charge in [0.15, 0.2) is 0 Å². The van der Waals surface area contributed by atoms with E-state index in [1.165, 1.54) is 24.5 Å². The first-order valence-corrected chi connectivity index (χ1v) is 9.55. The van der Waals surface area contributed by atoms with Crippen LogP contribution in [0.3, 0.4) is 0 Å². The minimum atomic E-state index is -0.570. The van der Waals surface area contributed by atoms with Gasteiger partial charge in [-0.2, -0.15) is 0 Å². The van der Waals surface area contributed by atoms with Crippen LogP contribution in [0.2, 0.25) is 16.1 Å². The summed E-state index contributed by atoms with van der Waals surface area (Å²) in [6.45, 7) is 0. The van der Waals surface area contributed by atoms with Crippen LogP contribution in [0.5, 0.6) is 0 Å². The number of rotatable bonds is 3. The number of amidine groups is 1. The number of halogens is 2. The zero-order chi connectivity index (χ0) is 16.8. The standard InChI is InChI=1S/C14H10Cl2N4O2Se/c1-23-14(19-12(21)8-4-2-6-17-10(8)15)20-13(22)9-5-3-7-18-11(9)16/h2-7H,1H3,(H,19,20,21,22). The molecule has 0 aromatic carbocycles. The molecule has 0 spiro atoms. The van der Waals surface area contributed by atoms with Gasteiger partial charge in [-0.25, -0.2) is 0 Å². The van der Waals surface area contributed by atoms with E-state index < -0.39 is 11.8 Å². The molecule has 2 rings (SSSR count). The Hall–Kier alpha value is -1.79. The molecule has 0 saturated carbocycles. The van der Waals surface area contributed by atoms with Gasteiger partial charge in [-0.3, -0.25) is 0 Å². The van der Waals surface area contributed by atoms with Crippen LogP contribution in [0.1, 0.15) is 20.7 Å². The fourth-order valence-electron chi connectivity index (χ4n) is 1.54. The van der Waals surface area contributed by atoms with E-state index in [1.54, 1.807) is 12.1 Å². The number of aliphatic imine (C=N–C) groups is 1. The van der Waals surface area contributed by atoms with Gasteiger partial charge < -0.3 is 0 Å². The third-order valence-electron chi connectivity index (χ3n) is 2.61. The summed E-state index contributed by atoms with van der Waals surface area (Å²) in [5.41, 5.74) is 0.377. The molecule has 2 aromatic rings. The first-order valence-electron chi connectivity index (χ1n) is 6.22. The fraction of sp³-hybridized carbons (Fsp3) is 0.0714. The summed E-state index contributed by atoms with van der Waals surface area (Å²) < 4.78 is 0.257. The molecular weight excluding hydrogens is 406 g/mol. The molecule has 0 fully saturated rings. The molecule has 0 radical (unpaired) electrons. The number of nitrogens with zero attached hydrogens (tertiary/aromatic N) is 3. The molecule has 0 aliphatic carbocycles. The van der Waals surface area contributed by atoms with Crippen molar-refractivity contribution in [1.29, 1.82) is 0 Å². The summed E-state index contributed by atoms with van der Waals surface area (Å²) in [5.74, 6) is 0.768. The zero-order valence-corrected chi connectivity index (χ0v) is 15.0. The van der Waals surface area contributed by atoms with E-state index in [0.29, 0.717) is 0 Å². The molecule has 9 heteroatoms. The first kappa shape index (κ1) is 17.6. The first-order chi connectivity index (χ1) is 11.0. The Morgan fingerprint density at radius 3 is 2.17 bits per heavy atom. The summed E-state index contributed by atoms with van der Waals surface area (Å²) >= 11 is 11.5. The van der Waals surface area contributed by atoms with Gasteiger partial charge in [-0.15, -0.1) is 0 Å². The van der Waals surface area contributed by atoms with Gasteiger partial charge in [-0.05, 0) is 0 Å². The maximum atomic E-state index is 12.2. The zero-order valence-electron chi connectivity index (χ0n) is 11.8. The average Bonchev–Trinajstić information content (AvgIpc) is 2.54. The number of hydrogen-bond donors (Lipinski definition) is 1. The molecule has 0 saturated heterocycles. The van der Waals surface area contributed by atoms with E-state index >= 15 is 0 Å². The van der Waals surface area contributed by atoms with Crippen LogP contribution in [0.4, 0.5) is 0 Å². The molecule has 6 nitrogen and oxygen atoms in total. The Morgan fingerprint density at radius 1 is 1.09 bits per heavy atom. The van der Waals surface area contributed by atoms with Crippen molar-refractivity contribution in [3.8, 4) is 0 Å². The summed E-state index contributed by atoms with van der Waals surface area (Å²) in [4.78, 5) is 35.9. The van der Waals surface area contributed by atoms with Gasteiger partial charge >= 0.3 is 148 Å². The van der Waals surface area contributed by atoms with Crippen molar-refractivity contribution in [2.75, 3.05) is 0 Å². The molecule has 1 N–H and O–H groups in total. The van der Waals surface area contributed by atoms with Crippen molar-refractivity contribution in [3.05, 3.63) is 58.1 Å². The Kier molecular flexibility index (Phi) is 6.24. The topological polar surface area (TPSA) is 84.3 Å². The Labute approximate surface area is 148 Å². The molecule has 23 heavy (non-hydrogen) atoms. The van der Waals surface area contributed by atoms with Crippen LogP contribution in [0, 0.1) is 0 Å². The molecule has 0 atom stereocenters. The van der Waals surface area contributed by atoms with Crippen molar-refractivity contribution in [1.82, 2.24) is 15.3 Å². The Morgan fingerprint density at radius 2 is 1.65 bits per heavy atom. The van der Waals surface area contributed by atoms with Gasteiger partial charge in [0.25, 0.3) is 0 Å². The van der Waals surface area contributed by atoms with E-state index in [4.69, 9.17) is 23.2 Å². The van der Waals surface area contributed by atoms with Crippen LogP contribution >= 0.6 is 23.2 Å². The number of amides is 2. The second-order valence-electron chi connectivity index (χ2n) is 4.06. The maximum absolute atomic E-state index is 12.2. The second kappa shape index (κ2) is 8.17. The number of pyridine rings is 2. The molecule has 2 aromatic heterocycles. The molecule has 0 aliphatic heterocycles. The number of carbonyl (C=O) groups is 2. The SMILES string of the molecule is C[Se]C(=NC(=O)c1cccnc1Cl)NC(=O)c1cccnc1Cl. The normalized spacial score (nSPS) is 11.2. The number of aromatic nitrogens is 2. The van der Waals surface area contributed by atoms with Crippen LogP contribution < -0.4 is 5.32 Å². The number of hydrogen-bond acceptors (Lipinski definition) is 4.